The van der Waals surface area contributed by atoms with Crippen LogP contribution >= 0.6 is 22.9 Å². The number of likely N-dealkylation sites (tertiary alicyclic amines) is 1. The number of fused-ring (bicyclic) bond motifs is 2. The van der Waals surface area contributed by atoms with E-state index in [0.29, 0.717) is 74.9 Å². The number of rotatable bonds is 8. The molecule has 1 aliphatic carbocycles. The van der Waals surface area contributed by atoms with Crippen LogP contribution in [0.1, 0.15) is 53.0 Å². The van der Waals surface area contributed by atoms with Crippen molar-refractivity contribution in [3.63, 3.8) is 0 Å². The van der Waals surface area contributed by atoms with E-state index in [9.17, 15) is 32.0 Å². The average Bonchev–Trinajstić information content (AvgIpc) is 3.60. The summed E-state index contributed by atoms with van der Waals surface area (Å²) in [7, 11) is -2.19. The summed E-state index contributed by atoms with van der Waals surface area (Å²) in [6.07, 6.45) is 4.18. The predicted molar refractivity (Wildman–Crippen MR) is 208 cm³/mol. The molecule has 2 fully saturated rings. The van der Waals surface area contributed by atoms with Crippen molar-refractivity contribution in [1.82, 2.24) is 29.1 Å². The zero-order chi connectivity index (χ0) is 39.2. The number of amides is 1. The maximum absolute atomic E-state index is 14.1. The van der Waals surface area contributed by atoms with Gasteiger partial charge in [-0.25, -0.2) is 31.9 Å². The lowest BCUT2D eigenvalue weighted by molar-refractivity contribution is -0.127. The van der Waals surface area contributed by atoms with Crippen molar-refractivity contribution in [3.05, 3.63) is 91.9 Å². The van der Waals surface area contributed by atoms with Gasteiger partial charge < -0.3 is 4.90 Å². The fraction of sp³-hybridized carbons (Fsp3) is 0.316. The molecule has 0 bridgehead atoms. The summed E-state index contributed by atoms with van der Waals surface area (Å²) in [6, 6.07) is 8.95. The van der Waals surface area contributed by atoms with Gasteiger partial charge >= 0.3 is 0 Å². The fourth-order valence-electron chi connectivity index (χ4n) is 7.16. The van der Waals surface area contributed by atoms with E-state index in [1.165, 1.54) is 33.7 Å². The molecule has 0 atom stereocenters. The molecule has 1 N–H and O–H groups in total. The van der Waals surface area contributed by atoms with Crippen LogP contribution in [-0.2, 0) is 16.6 Å². The quantitative estimate of drug-likeness (QED) is 0.189. The number of anilines is 1. The Morgan fingerprint density at radius 1 is 1.22 bits per heavy atom. The highest BCUT2D eigenvalue weighted by molar-refractivity contribution is 7.92. The van der Waals surface area contributed by atoms with Gasteiger partial charge in [0.15, 0.2) is 0 Å². The Labute approximate surface area is 324 Å². The van der Waals surface area contributed by atoms with E-state index in [0.717, 1.165) is 0 Å². The van der Waals surface area contributed by atoms with Gasteiger partial charge in [0.1, 0.15) is 23.3 Å². The van der Waals surface area contributed by atoms with Crippen molar-refractivity contribution in [1.29, 1.82) is 5.26 Å². The number of halogens is 3. The number of hydrogen-bond acceptors (Lipinski definition) is 11. The lowest BCUT2D eigenvalue weighted by Gasteiger charge is -2.46. The third-order valence-electron chi connectivity index (χ3n) is 10.1. The number of thiophene rings is 1. The third-order valence-corrected chi connectivity index (χ3v) is 12.3. The van der Waals surface area contributed by atoms with Crippen molar-refractivity contribution in [3.8, 4) is 29.0 Å². The number of benzene rings is 1. The maximum Gasteiger partial charge on any atom is 0.268 e. The molecule has 7 rings (SSSR count). The number of nitrogens with zero attached hydrogens (tertiary/aromatic N) is 7. The molecule has 1 amide bonds. The van der Waals surface area contributed by atoms with E-state index in [1.807, 2.05) is 16.7 Å². The molecule has 1 aliphatic heterocycles. The second-order valence-corrected chi connectivity index (χ2v) is 16.4. The molecule has 0 spiro atoms. The first kappa shape index (κ1) is 38.0. The van der Waals surface area contributed by atoms with E-state index in [2.05, 4.69) is 44.3 Å². The first-order chi connectivity index (χ1) is 26.2. The van der Waals surface area contributed by atoms with Gasteiger partial charge in [0.2, 0.25) is 0 Å². The number of nitrogens with one attached hydrogen (secondary N) is 1. The Kier molecular flexibility index (Phi) is 10.2. The summed E-state index contributed by atoms with van der Waals surface area (Å²) >= 11 is 7.63. The number of alkyl halides is 2. The minimum absolute atomic E-state index is 0.00177. The molecule has 1 saturated carbocycles. The fourth-order valence-corrected chi connectivity index (χ4v) is 8.82. The lowest BCUT2D eigenvalue weighted by Crippen LogP contribution is -2.55. The van der Waals surface area contributed by atoms with Crippen LogP contribution in [0.4, 0.5) is 14.6 Å². The predicted octanol–water partition coefficient (Wildman–Crippen LogP) is 5.85. The van der Waals surface area contributed by atoms with E-state index in [1.54, 1.807) is 31.2 Å². The number of carbonyl (C=O) groups is 1. The van der Waals surface area contributed by atoms with E-state index >= 15 is 0 Å². The highest BCUT2D eigenvalue weighted by atomic mass is 35.5. The van der Waals surface area contributed by atoms with Gasteiger partial charge in [-0.15, -0.1) is 11.3 Å². The van der Waals surface area contributed by atoms with Crippen molar-refractivity contribution >= 4 is 65.8 Å². The third kappa shape index (κ3) is 7.43. The molecule has 55 heavy (non-hydrogen) atoms. The Bertz CT molecular complexity index is 2670. The number of hydrogen-bond donors (Lipinski definition) is 1. The molecule has 1 saturated heterocycles. The van der Waals surface area contributed by atoms with Gasteiger partial charge in [0.05, 0.1) is 39.4 Å². The summed E-state index contributed by atoms with van der Waals surface area (Å²) in [5.74, 6) is 3.52. The minimum atomic E-state index is -4.02. The Hall–Kier alpha value is -5.26. The highest BCUT2D eigenvalue weighted by Gasteiger charge is 2.48. The zero-order valence-corrected chi connectivity index (χ0v) is 32.0. The molecule has 1 aromatic carbocycles. The van der Waals surface area contributed by atoms with E-state index < -0.39 is 27.4 Å². The van der Waals surface area contributed by atoms with Gasteiger partial charge in [-0.3, -0.25) is 24.0 Å². The number of carbonyl (C=O) groups excluding carboxylic acids is 1. The second-order valence-electron chi connectivity index (χ2n) is 13.5. The molecule has 0 unspecified atom stereocenters. The molecular formula is C38H33ClF2N8O4S2. The summed E-state index contributed by atoms with van der Waals surface area (Å²) < 4.78 is 54.8. The number of nitriles is 1. The van der Waals surface area contributed by atoms with Crippen LogP contribution in [0.3, 0.4) is 0 Å². The van der Waals surface area contributed by atoms with Crippen LogP contribution in [0, 0.1) is 30.1 Å². The topological polar surface area (TPSA) is 154 Å². The first-order valence-corrected chi connectivity index (χ1v) is 20.0. The SMILES string of the molecule is C=CS(=O)(=O)NC(=O)c1csc2c(-c3cc(Cl)ccc3C#CCn3c(C)nc4cnc(N(C)C5CCN(C6CC(F)(F)C6)CC5)c(C#N)c4c3=O)ccnc12. The van der Waals surface area contributed by atoms with Crippen LogP contribution in [0.15, 0.2) is 58.8 Å². The number of aryl methyl sites for hydroxylation is 1. The molecule has 5 heterocycles. The monoisotopic (exact) mass is 802 g/mol. The van der Waals surface area contributed by atoms with E-state index in [4.69, 9.17) is 11.6 Å². The smallest absolute Gasteiger partial charge is 0.268 e. The number of sulfonamides is 1. The molecule has 282 valence electrons. The Morgan fingerprint density at radius 3 is 2.65 bits per heavy atom. The number of pyridine rings is 2. The van der Waals surface area contributed by atoms with Crippen LogP contribution in [-0.4, -0.2) is 76.9 Å². The van der Waals surface area contributed by atoms with Crippen molar-refractivity contribution in [2.75, 3.05) is 25.0 Å². The summed E-state index contributed by atoms with van der Waals surface area (Å²) in [5, 5.41) is 13.1. The first-order valence-electron chi connectivity index (χ1n) is 17.2. The van der Waals surface area contributed by atoms with Gasteiger partial charge in [-0.1, -0.05) is 30.0 Å². The molecular weight excluding hydrogens is 770 g/mol. The molecule has 0 radical (unpaired) electrons. The van der Waals surface area contributed by atoms with Crippen molar-refractivity contribution in [2.24, 2.45) is 0 Å². The van der Waals surface area contributed by atoms with Crippen LogP contribution in [0.2, 0.25) is 5.02 Å². The Morgan fingerprint density at radius 2 is 1.96 bits per heavy atom. The standard InChI is InChI=1S/C38H33ClF2N8O4S2/c1-4-55(52,53)46-36(50)30-21-54-34-27(9-12-43-33(30)34)28-16-24(39)8-7-23(28)6-5-13-49-22(2)45-31-20-44-35(29(19-42)32(31)37(49)51)47(3)25-10-14-48(15-11-25)26-17-38(40,41)18-26/h4,7-9,12,16,20-21,25-26H,1,10-11,13-15,17-18H2,2-3H3,(H,46,50). The van der Waals surface area contributed by atoms with Gasteiger partial charge in [0, 0.05) is 83.8 Å². The molecule has 12 nitrogen and oxygen atoms in total. The molecule has 4 aromatic heterocycles. The van der Waals surface area contributed by atoms with Crippen LogP contribution in [0.25, 0.3) is 32.2 Å². The maximum atomic E-state index is 14.1. The van der Waals surface area contributed by atoms with Crippen molar-refractivity contribution < 1.29 is 22.0 Å². The van der Waals surface area contributed by atoms with Gasteiger partial charge in [-0.2, -0.15) is 5.26 Å². The summed E-state index contributed by atoms with van der Waals surface area (Å²) in [5.41, 5.74) is 2.16. The highest BCUT2D eigenvalue weighted by Crippen LogP contribution is 2.42. The van der Waals surface area contributed by atoms with E-state index in [-0.39, 0.29) is 53.5 Å². The largest absolute Gasteiger partial charge is 0.355 e. The van der Waals surface area contributed by atoms with Gasteiger partial charge in [-0.05, 0) is 44.0 Å². The average molecular weight is 803 g/mol. The molecule has 2 aliphatic rings. The number of piperidine rings is 1. The number of aromatic nitrogens is 4. The second kappa shape index (κ2) is 14.8. The van der Waals surface area contributed by atoms with Gasteiger partial charge in [0.25, 0.3) is 27.4 Å². The molecule has 17 heteroatoms. The zero-order valence-electron chi connectivity index (χ0n) is 29.6. The normalized spacial score (nSPS) is 16.2. The lowest BCUT2D eigenvalue weighted by atomic mass is 9.85. The van der Waals surface area contributed by atoms with Crippen LogP contribution in [0.5, 0.6) is 0 Å². The molecule has 5 aromatic rings. The van der Waals surface area contributed by atoms with Crippen LogP contribution < -0.4 is 15.2 Å². The minimum Gasteiger partial charge on any atom is -0.355 e. The Balaban J connectivity index is 1.17. The van der Waals surface area contributed by atoms with Crippen molar-refractivity contribution in [2.45, 2.75) is 57.2 Å². The summed E-state index contributed by atoms with van der Waals surface area (Å²) in [6.45, 7) is 6.15. The summed E-state index contributed by atoms with van der Waals surface area (Å²) in [4.78, 5) is 44.4.